The van der Waals surface area contributed by atoms with Crippen LogP contribution in [0, 0.1) is 0 Å². The number of carbonyl (C=O) groups is 1. The number of halogens is 1. The molecule has 1 unspecified atom stereocenters. The number of rotatable bonds is 4. The van der Waals surface area contributed by atoms with E-state index in [9.17, 15) is 4.79 Å². The van der Waals surface area contributed by atoms with Crippen LogP contribution in [0.3, 0.4) is 0 Å². The van der Waals surface area contributed by atoms with E-state index in [2.05, 4.69) is 12.2 Å². The van der Waals surface area contributed by atoms with Crippen LogP contribution in [0.25, 0.3) is 0 Å². The average Bonchev–Trinajstić information content (AvgIpc) is 2.18. The number of nitrogens with one attached hydrogen (secondary N) is 1. The van der Waals surface area contributed by atoms with Gasteiger partial charge in [0.2, 0.25) is 5.91 Å². The van der Waals surface area contributed by atoms with Crippen LogP contribution in [0.4, 0.5) is 0 Å². The summed E-state index contributed by atoms with van der Waals surface area (Å²) in [6.07, 6.45) is 1.64. The Bertz CT molecular complexity index is 192. The molecule has 1 heterocycles. The van der Waals surface area contributed by atoms with Gasteiger partial charge in [-0.3, -0.25) is 4.79 Å². The molecule has 1 saturated heterocycles. The predicted octanol–water partition coefficient (Wildman–Crippen LogP) is 1.37. The second-order valence-electron chi connectivity index (χ2n) is 3.73. The Morgan fingerprint density at radius 1 is 1.60 bits per heavy atom. The lowest BCUT2D eigenvalue weighted by Crippen LogP contribution is -2.41. The molecule has 1 atom stereocenters. The van der Waals surface area contributed by atoms with E-state index in [4.69, 9.17) is 0 Å². The number of hydrogen-bond acceptors (Lipinski definition) is 3. The Kier molecular flexibility index (Phi) is 8.29. The van der Waals surface area contributed by atoms with Gasteiger partial charge in [-0.05, 0) is 20.0 Å². The molecule has 0 radical (unpaired) electrons. The maximum absolute atomic E-state index is 11.7. The van der Waals surface area contributed by atoms with Crippen molar-refractivity contribution in [3.05, 3.63) is 0 Å². The highest BCUT2D eigenvalue weighted by atomic mass is 35.5. The molecule has 3 nitrogen and oxygen atoms in total. The van der Waals surface area contributed by atoms with Gasteiger partial charge in [0, 0.05) is 30.5 Å². The average molecular weight is 253 g/mol. The highest BCUT2D eigenvalue weighted by molar-refractivity contribution is 7.99. The smallest absolute Gasteiger partial charge is 0.222 e. The van der Waals surface area contributed by atoms with Crippen molar-refractivity contribution < 1.29 is 4.79 Å². The first kappa shape index (κ1) is 15.1. The molecule has 5 heteroatoms. The molecule has 0 spiro atoms. The summed E-state index contributed by atoms with van der Waals surface area (Å²) in [5.74, 6) is 1.42. The van der Waals surface area contributed by atoms with Crippen molar-refractivity contribution in [1.29, 1.82) is 0 Å². The number of nitrogens with zero attached hydrogens (tertiary/aromatic N) is 1. The topological polar surface area (TPSA) is 32.3 Å². The monoisotopic (exact) mass is 252 g/mol. The molecule has 0 aromatic heterocycles. The van der Waals surface area contributed by atoms with Gasteiger partial charge in [-0.1, -0.05) is 6.92 Å². The van der Waals surface area contributed by atoms with Gasteiger partial charge in [0.05, 0.1) is 0 Å². The summed E-state index contributed by atoms with van der Waals surface area (Å²) in [5, 5.41) is 3.67. The van der Waals surface area contributed by atoms with Crippen LogP contribution in [0.15, 0.2) is 0 Å². The van der Waals surface area contributed by atoms with Gasteiger partial charge in [-0.15, -0.1) is 12.4 Å². The molecule has 0 saturated carbocycles. The van der Waals surface area contributed by atoms with Gasteiger partial charge in [0.1, 0.15) is 0 Å². The third-order valence-corrected chi connectivity index (χ3v) is 3.55. The lowest BCUT2D eigenvalue weighted by atomic mass is 10.2. The van der Waals surface area contributed by atoms with E-state index in [1.54, 1.807) is 0 Å². The Balaban J connectivity index is 0.00000196. The molecule has 1 amide bonds. The van der Waals surface area contributed by atoms with Crippen LogP contribution >= 0.6 is 24.2 Å². The van der Waals surface area contributed by atoms with Crippen molar-refractivity contribution in [2.75, 3.05) is 32.4 Å². The zero-order valence-electron chi connectivity index (χ0n) is 9.49. The summed E-state index contributed by atoms with van der Waals surface area (Å²) in [7, 11) is 1.92. The maximum Gasteiger partial charge on any atom is 0.222 e. The van der Waals surface area contributed by atoms with Crippen LogP contribution < -0.4 is 5.32 Å². The molecule has 1 rings (SSSR count). The standard InChI is InChI=1S/C10H20N2OS.ClH/c1-9-8-12(6-7-14-9)10(13)4-3-5-11-2;/h9,11H,3-8H2,1-2H3;1H. The predicted molar refractivity (Wildman–Crippen MR) is 68.9 cm³/mol. The fraction of sp³-hybridized carbons (Fsp3) is 0.900. The minimum absolute atomic E-state index is 0. The largest absolute Gasteiger partial charge is 0.341 e. The molecule has 0 aromatic rings. The number of amides is 1. The fourth-order valence-electron chi connectivity index (χ4n) is 1.62. The van der Waals surface area contributed by atoms with Crippen LogP contribution in [0.5, 0.6) is 0 Å². The second kappa shape index (κ2) is 8.25. The van der Waals surface area contributed by atoms with E-state index < -0.39 is 0 Å². The van der Waals surface area contributed by atoms with Gasteiger partial charge in [0.25, 0.3) is 0 Å². The lowest BCUT2D eigenvalue weighted by molar-refractivity contribution is -0.131. The first-order valence-corrected chi connectivity index (χ1v) is 6.33. The number of hydrogen-bond donors (Lipinski definition) is 1. The summed E-state index contributed by atoms with van der Waals surface area (Å²) in [4.78, 5) is 13.7. The van der Waals surface area contributed by atoms with Crippen molar-refractivity contribution in [2.24, 2.45) is 0 Å². The van der Waals surface area contributed by atoms with Crippen LogP contribution in [-0.4, -0.2) is 48.5 Å². The van der Waals surface area contributed by atoms with E-state index in [1.807, 2.05) is 23.7 Å². The molecule has 1 fully saturated rings. The number of thioether (sulfide) groups is 1. The van der Waals surface area contributed by atoms with E-state index in [0.29, 0.717) is 17.6 Å². The molecular formula is C10H21ClN2OS. The Hall–Kier alpha value is 0.0700. The van der Waals surface area contributed by atoms with Crippen molar-refractivity contribution in [3.8, 4) is 0 Å². The van der Waals surface area contributed by atoms with Crippen LogP contribution in [0.1, 0.15) is 19.8 Å². The van der Waals surface area contributed by atoms with Crippen molar-refractivity contribution in [2.45, 2.75) is 25.0 Å². The molecule has 0 aliphatic carbocycles. The van der Waals surface area contributed by atoms with Crippen LogP contribution in [-0.2, 0) is 4.79 Å². The number of carbonyl (C=O) groups excluding carboxylic acids is 1. The summed E-state index contributed by atoms with van der Waals surface area (Å²) in [6.45, 7) is 5.00. The quantitative estimate of drug-likeness (QED) is 0.768. The fourth-order valence-corrected chi connectivity index (χ4v) is 2.63. The highest BCUT2D eigenvalue weighted by Gasteiger charge is 2.20. The highest BCUT2D eigenvalue weighted by Crippen LogP contribution is 2.18. The molecule has 90 valence electrons. The molecular weight excluding hydrogens is 232 g/mol. The Labute approximate surface area is 103 Å². The van der Waals surface area contributed by atoms with Crippen molar-refractivity contribution in [1.82, 2.24) is 10.2 Å². The third kappa shape index (κ3) is 5.64. The summed E-state index contributed by atoms with van der Waals surface area (Å²) in [6, 6.07) is 0. The normalized spacial score (nSPS) is 20.9. The van der Waals surface area contributed by atoms with Crippen molar-refractivity contribution >= 4 is 30.1 Å². The Morgan fingerprint density at radius 2 is 2.33 bits per heavy atom. The molecule has 0 aromatic carbocycles. The second-order valence-corrected chi connectivity index (χ2v) is 5.27. The van der Waals surface area contributed by atoms with Gasteiger partial charge in [-0.2, -0.15) is 11.8 Å². The zero-order chi connectivity index (χ0) is 10.4. The van der Waals surface area contributed by atoms with E-state index in [-0.39, 0.29) is 12.4 Å². The summed E-state index contributed by atoms with van der Waals surface area (Å²) < 4.78 is 0. The van der Waals surface area contributed by atoms with E-state index >= 15 is 0 Å². The minimum Gasteiger partial charge on any atom is -0.341 e. The van der Waals surface area contributed by atoms with Crippen molar-refractivity contribution in [3.63, 3.8) is 0 Å². The first-order chi connectivity index (χ1) is 6.74. The van der Waals surface area contributed by atoms with Crippen LogP contribution in [0.2, 0.25) is 0 Å². The third-order valence-electron chi connectivity index (χ3n) is 2.41. The first-order valence-electron chi connectivity index (χ1n) is 5.28. The van der Waals surface area contributed by atoms with Gasteiger partial charge >= 0.3 is 0 Å². The van der Waals surface area contributed by atoms with Gasteiger partial charge in [0.15, 0.2) is 0 Å². The molecule has 15 heavy (non-hydrogen) atoms. The lowest BCUT2D eigenvalue weighted by Gasteiger charge is -2.30. The molecule has 1 aliphatic rings. The molecule has 1 aliphatic heterocycles. The zero-order valence-corrected chi connectivity index (χ0v) is 11.1. The minimum atomic E-state index is 0. The van der Waals surface area contributed by atoms with Gasteiger partial charge in [-0.25, -0.2) is 0 Å². The SMILES string of the molecule is CNCCCC(=O)N1CCSC(C)C1.Cl. The summed E-state index contributed by atoms with van der Waals surface area (Å²) in [5.41, 5.74) is 0. The molecule has 1 N–H and O–H groups in total. The summed E-state index contributed by atoms with van der Waals surface area (Å²) >= 11 is 1.96. The van der Waals surface area contributed by atoms with Gasteiger partial charge < -0.3 is 10.2 Å². The van der Waals surface area contributed by atoms with E-state index in [0.717, 1.165) is 31.8 Å². The van der Waals surface area contributed by atoms with E-state index in [1.165, 1.54) is 0 Å². The Morgan fingerprint density at radius 3 is 2.93 bits per heavy atom. The maximum atomic E-state index is 11.7. The molecule has 0 bridgehead atoms.